The number of thiophene rings is 1. The lowest BCUT2D eigenvalue weighted by molar-refractivity contribution is 0.622. The van der Waals surface area contributed by atoms with Gasteiger partial charge in [0.15, 0.2) is 4.77 Å². The van der Waals surface area contributed by atoms with Crippen molar-refractivity contribution >= 4 is 50.5 Å². The zero-order chi connectivity index (χ0) is 14.4. The Morgan fingerprint density at radius 1 is 1.35 bits per heavy atom. The molecular formula is C14H12BrFN2S2. The van der Waals surface area contributed by atoms with Gasteiger partial charge in [0.25, 0.3) is 0 Å². The van der Waals surface area contributed by atoms with Crippen LogP contribution in [-0.2, 0) is 6.54 Å². The first-order valence-electron chi connectivity index (χ1n) is 6.09. The Labute approximate surface area is 133 Å². The number of imidazole rings is 1. The zero-order valence-electron chi connectivity index (χ0n) is 11.0. The number of rotatable bonds is 2. The minimum atomic E-state index is -0.288. The van der Waals surface area contributed by atoms with Crippen LogP contribution in [0.5, 0.6) is 0 Å². The molecule has 0 atom stereocenters. The van der Waals surface area contributed by atoms with Crippen LogP contribution in [0.2, 0.25) is 0 Å². The third-order valence-corrected chi connectivity index (χ3v) is 5.41. The van der Waals surface area contributed by atoms with E-state index in [2.05, 4.69) is 40.8 Å². The summed E-state index contributed by atoms with van der Waals surface area (Å²) < 4.78 is 16.6. The lowest BCUT2D eigenvalue weighted by Gasteiger charge is -2.03. The standard InChI is InChI=1S/C14H12BrFN2S2/c1-7-3-9(20-8(7)2)6-18-13-4-10(15)11(16)5-12(13)17-14(18)19/h3-5H,6H2,1-2H3,(H,17,19). The summed E-state index contributed by atoms with van der Waals surface area (Å²) in [6.45, 7) is 4.93. The molecule has 0 aliphatic carbocycles. The topological polar surface area (TPSA) is 20.7 Å². The van der Waals surface area contributed by atoms with Gasteiger partial charge >= 0.3 is 0 Å². The Morgan fingerprint density at radius 2 is 2.10 bits per heavy atom. The first kappa shape index (κ1) is 14.0. The number of aromatic nitrogens is 2. The fraction of sp³-hybridized carbons (Fsp3) is 0.214. The molecule has 0 radical (unpaired) electrons. The number of halogens is 2. The molecule has 0 saturated carbocycles. The molecule has 2 heterocycles. The van der Waals surface area contributed by atoms with Crippen LogP contribution >= 0.6 is 39.5 Å². The second-order valence-corrected chi connectivity index (χ2v) is 7.33. The van der Waals surface area contributed by atoms with Gasteiger partial charge in [-0.2, -0.15) is 0 Å². The molecule has 6 heteroatoms. The molecule has 0 amide bonds. The molecule has 3 rings (SSSR count). The quantitative estimate of drug-likeness (QED) is 0.604. The summed E-state index contributed by atoms with van der Waals surface area (Å²) in [4.78, 5) is 5.62. The molecule has 2 aromatic heterocycles. The summed E-state index contributed by atoms with van der Waals surface area (Å²) >= 11 is 10.4. The van der Waals surface area contributed by atoms with Crippen LogP contribution in [0.15, 0.2) is 22.7 Å². The van der Waals surface area contributed by atoms with Crippen molar-refractivity contribution in [1.29, 1.82) is 0 Å². The molecule has 0 unspecified atom stereocenters. The van der Waals surface area contributed by atoms with E-state index in [1.165, 1.54) is 21.4 Å². The van der Waals surface area contributed by atoms with Crippen LogP contribution < -0.4 is 0 Å². The maximum Gasteiger partial charge on any atom is 0.178 e. The summed E-state index contributed by atoms with van der Waals surface area (Å²) in [6.07, 6.45) is 0. The highest BCUT2D eigenvalue weighted by Gasteiger charge is 2.10. The largest absolute Gasteiger partial charge is 0.330 e. The number of aromatic amines is 1. The molecule has 2 nitrogen and oxygen atoms in total. The van der Waals surface area contributed by atoms with Crippen molar-refractivity contribution in [2.24, 2.45) is 0 Å². The van der Waals surface area contributed by atoms with Crippen LogP contribution in [0.3, 0.4) is 0 Å². The van der Waals surface area contributed by atoms with Crippen LogP contribution in [0, 0.1) is 24.4 Å². The summed E-state index contributed by atoms with van der Waals surface area (Å²) in [5, 5.41) is 0. The number of fused-ring (bicyclic) bond motifs is 1. The number of benzene rings is 1. The van der Waals surface area contributed by atoms with Crippen molar-refractivity contribution in [3.05, 3.63) is 48.6 Å². The van der Waals surface area contributed by atoms with Crippen LogP contribution in [0.25, 0.3) is 11.0 Å². The summed E-state index contributed by atoms with van der Waals surface area (Å²) in [5.74, 6) is -0.288. The second kappa shape index (κ2) is 5.09. The Morgan fingerprint density at radius 3 is 2.75 bits per heavy atom. The number of hydrogen-bond donors (Lipinski definition) is 1. The molecule has 104 valence electrons. The van der Waals surface area contributed by atoms with E-state index in [1.54, 1.807) is 17.4 Å². The zero-order valence-corrected chi connectivity index (χ0v) is 14.2. The highest BCUT2D eigenvalue weighted by Crippen LogP contribution is 2.26. The number of H-pyrrole nitrogens is 1. The molecule has 20 heavy (non-hydrogen) atoms. The third kappa shape index (κ3) is 2.36. The van der Waals surface area contributed by atoms with E-state index in [9.17, 15) is 4.39 Å². The van der Waals surface area contributed by atoms with Crippen molar-refractivity contribution in [2.75, 3.05) is 0 Å². The molecule has 0 saturated heterocycles. The highest BCUT2D eigenvalue weighted by molar-refractivity contribution is 9.10. The fourth-order valence-corrected chi connectivity index (χ4v) is 3.84. The monoisotopic (exact) mass is 370 g/mol. The van der Waals surface area contributed by atoms with Gasteiger partial charge in [0.1, 0.15) is 5.82 Å². The lowest BCUT2D eigenvalue weighted by atomic mass is 10.3. The Kier molecular flexibility index (Phi) is 3.56. The average Bonchev–Trinajstić information content (AvgIpc) is 2.83. The summed E-state index contributed by atoms with van der Waals surface area (Å²) in [5.41, 5.74) is 2.93. The molecule has 0 aliphatic rings. The maximum atomic E-state index is 13.6. The minimum absolute atomic E-state index is 0.288. The number of hydrogen-bond acceptors (Lipinski definition) is 2. The van der Waals surface area contributed by atoms with Crippen LogP contribution in [-0.4, -0.2) is 9.55 Å². The van der Waals surface area contributed by atoms with Gasteiger partial charge in [0, 0.05) is 15.8 Å². The molecule has 1 N–H and O–H groups in total. The molecule has 1 aromatic carbocycles. The fourth-order valence-electron chi connectivity index (χ4n) is 2.19. The van der Waals surface area contributed by atoms with Gasteiger partial charge in [0.2, 0.25) is 0 Å². The van der Waals surface area contributed by atoms with E-state index in [0.717, 1.165) is 11.0 Å². The Hall–Kier alpha value is -0.980. The highest BCUT2D eigenvalue weighted by atomic mass is 79.9. The van der Waals surface area contributed by atoms with E-state index in [1.807, 2.05) is 4.57 Å². The summed E-state index contributed by atoms with van der Waals surface area (Å²) in [7, 11) is 0. The Balaban J connectivity index is 2.13. The van der Waals surface area contributed by atoms with Gasteiger partial charge in [-0.15, -0.1) is 11.3 Å². The predicted octanol–water partition coefficient (Wildman–Crippen LogP) is 5.33. The number of aryl methyl sites for hydroxylation is 2. The Bertz CT molecular complexity index is 841. The third-order valence-electron chi connectivity index (χ3n) is 3.35. The second-order valence-electron chi connectivity index (χ2n) is 4.75. The summed E-state index contributed by atoms with van der Waals surface area (Å²) in [6, 6.07) is 5.42. The molecule has 0 spiro atoms. The maximum absolute atomic E-state index is 13.6. The van der Waals surface area contributed by atoms with Gasteiger partial charge in [0.05, 0.1) is 22.1 Å². The normalized spacial score (nSPS) is 11.4. The van der Waals surface area contributed by atoms with E-state index in [4.69, 9.17) is 12.2 Å². The molecule has 3 aromatic rings. The molecule has 0 aliphatic heterocycles. The van der Waals surface area contributed by atoms with Crippen molar-refractivity contribution in [3.63, 3.8) is 0 Å². The van der Waals surface area contributed by atoms with E-state index >= 15 is 0 Å². The van der Waals surface area contributed by atoms with Gasteiger partial charge in [-0.3, -0.25) is 0 Å². The smallest absolute Gasteiger partial charge is 0.178 e. The van der Waals surface area contributed by atoms with Crippen LogP contribution in [0.4, 0.5) is 4.39 Å². The van der Waals surface area contributed by atoms with E-state index < -0.39 is 0 Å². The molecule has 0 bridgehead atoms. The van der Waals surface area contributed by atoms with Crippen molar-refractivity contribution in [2.45, 2.75) is 20.4 Å². The van der Waals surface area contributed by atoms with E-state index in [0.29, 0.717) is 15.8 Å². The lowest BCUT2D eigenvalue weighted by Crippen LogP contribution is -1.97. The van der Waals surface area contributed by atoms with Crippen molar-refractivity contribution in [3.8, 4) is 0 Å². The SMILES string of the molecule is Cc1cc(Cn2c(=S)[nH]c3cc(F)c(Br)cc32)sc1C. The first-order chi connectivity index (χ1) is 9.45. The van der Waals surface area contributed by atoms with Gasteiger partial charge < -0.3 is 9.55 Å². The average molecular weight is 371 g/mol. The van der Waals surface area contributed by atoms with Crippen LogP contribution in [0.1, 0.15) is 15.3 Å². The minimum Gasteiger partial charge on any atom is -0.330 e. The van der Waals surface area contributed by atoms with Gasteiger partial charge in [-0.25, -0.2) is 4.39 Å². The molecular weight excluding hydrogens is 359 g/mol. The van der Waals surface area contributed by atoms with Gasteiger partial charge in [-0.05, 0) is 59.7 Å². The van der Waals surface area contributed by atoms with Crippen molar-refractivity contribution < 1.29 is 4.39 Å². The van der Waals surface area contributed by atoms with Gasteiger partial charge in [-0.1, -0.05) is 0 Å². The van der Waals surface area contributed by atoms with E-state index in [-0.39, 0.29) is 5.82 Å². The number of nitrogens with zero attached hydrogens (tertiary/aromatic N) is 1. The predicted molar refractivity (Wildman–Crippen MR) is 87.7 cm³/mol. The molecule has 0 fully saturated rings. The van der Waals surface area contributed by atoms with Crippen molar-refractivity contribution in [1.82, 2.24) is 9.55 Å². The first-order valence-corrected chi connectivity index (χ1v) is 8.11. The number of nitrogens with one attached hydrogen (secondary N) is 1.